The van der Waals surface area contributed by atoms with Crippen molar-refractivity contribution in [2.75, 3.05) is 17.7 Å². The van der Waals surface area contributed by atoms with Crippen LogP contribution in [-0.2, 0) is 0 Å². The van der Waals surface area contributed by atoms with Gasteiger partial charge in [-0.2, -0.15) is 10.1 Å². The van der Waals surface area contributed by atoms with Gasteiger partial charge in [-0.25, -0.2) is 4.98 Å². The summed E-state index contributed by atoms with van der Waals surface area (Å²) in [6, 6.07) is 11.3. The van der Waals surface area contributed by atoms with Crippen LogP contribution in [0.2, 0.25) is 0 Å². The number of ether oxygens (including phenoxy) is 1. The van der Waals surface area contributed by atoms with E-state index in [9.17, 15) is 0 Å². The Kier molecular flexibility index (Phi) is 5.96. The van der Waals surface area contributed by atoms with Crippen molar-refractivity contribution in [3.05, 3.63) is 42.1 Å². The number of aromatic nitrogens is 4. The van der Waals surface area contributed by atoms with Gasteiger partial charge in [0.05, 0.1) is 6.61 Å². The summed E-state index contributed by atoms with van der Waals surface area (Å²) >= 11 is 1.45. The standard InChI is InChI=1S/C18H22N6OS/c1-3-4-9-25-17-11-15(20-16-10-12(2)23-24-16)21-18(22-17)26-14-7-5-13(19)6-8-14/h5-8,10-11H,3-4,9,19H2,1-2H3,(H2,20,21,22,23,24). The molecule has 0 aliphatic rings. The second-order valence-corrected chi connectivity index (χ2v) is 6.85. The largest absolute Gasteiger partial charge is 0.478 e. The van der Waals surface area contributed by atoms with Crippen molar-refractivity contribution in [1.29, 1.82) is 0 Å². The SMILES string of the molecule is CCCCOc1cc(Nc2cc(C)[nH]n2)nc(Sc2ccc(N)cc2)n1. The van der Waals surface area contributed by atoms with Crippen LogP contribution in [0.15, 0.2) is 46.5 Å². The van der Waals surface area contributed by atoms with Crippen LogP contribution >= 0.6 is 11.8 Å². The fraction of sp³-hybridized carbons (Fsp3) is 0.278. The normalized spacial score (nSPS) is 10.7. The highest BCUT2D eigenvalue weighted by Gasteiger charge is 2.09. The first kappa shape index (κ1) is 18.1. The number of unbranched alkanes of at least 4 members (excludes halogenated alkanes) is 1. The number of nitrogen functional groups attached to an aromatic ring is 1. The maximum Gasteiger partial charge on any atom is 0.219 e. The molecule has 0 amide bonds. The average molecular weight is 370 g/mol. The number of nitrogens with zero attached hydrogens (tertiary/aromatic N) is 3. The summed E-state index contributed by atoms with van der Waals surface area (Å²) < 4.78 is 5.77. The van der Waals surface area contributed by atoms with E-state index in [0.717, 1.165) is 29.1 Å². The fourth-order valence-corrected chi connectivity index (χ4v) is 2.93. The average Bonchev–Trinajstić information content (AvgIpc) is 3.02. The molecule has 2 aromatic heterocycles. The van der Waals surface area contributed by atoms with Gasteiger partial charge in [0.1, 0.15) is 5.82 Å². The molecule has 0 unspecified atom stereocenters. The quantitative estimate of drug-likeness (QED) is 0.311. The molecule has 0 saturated carbocycles. The van der Waals surface area contributed by atoms with E-state index < -0.39 is 0 Å². The van der Waals surface area contributed by atoms with Gasteiger partial charge >= 0.3 is 0 Å². The van der Waals surface area contributed by atoms with Gasteiger partial charge in [0, 0.05) is 28.4 Å². The molecule has 8 heteroatoms. The Hall–Kier alpha value is -2.74. The van der Waals surface area contributed by atoms with Crippen LogP contribution in [0.25, 0.3) is 0 Å². The third-order valence-corrected chi connectivity index (χ3v) is 4.35. The van der Waals surface area contributed by atoms with Crippen LogP contribution in [0.5, 0.6) is 5.88 Å². The third kappa shape index (κ3) is 5.13. The maximum absolute atomic E-state index is 5.77. The number of hydrogen-bond acceptors (Lipinski definition) is 7. The predicted octanol–water partition coefficient (Wildman–Crippen LogP) is 4.16. The zero-order chi connectivity index (χ0) is 18.4. The minimum absolute atomic E-state index is 0.543. The molecule has 4 N–H and O–H groups in total. The number of rotatable bonds is 8. The summed E-state index contributed by atoms with van der Waals surface area (Å²) in [5.74, 6) is 1.88. The van der Waals surface area contributed by atoms with E-state index in [1.54, 1.807) is 6.07 Å². The predicted molar refractivity (Wildman–Crippen MR) is 104 cm³/mol. The van der Waals surface area contributed by atoms with Crippen LogP contribution in [0.1, 0.15) is 25.5 Å². The van der Waals surface area contributed by atoms with Crippen molar-refractivity contribution in [3.8, 4) is 5.88 Å². The Bertz CT molecular complexity index is 849. The molecule has 2 heterocycles. The van der Waals surface area contributed by atoms with Crippen molar-refractivity contribution in [3.63, 3.8) is 0 Å². The van der Waals surface area contributed by atoms with E-state index in [2.05, 4.69) is 32.4 Å². The molecule has 0 radical (unpaired) electrons. The monoisotopic (exact) mass is 370 g/mol. The van der Waals surface area contributed by atoms with Crippen molar-refractivity contribution in [1.82, 2.24) is 20.2 Å². The van der Waals surface area contributed by atoms with Gasteiger partial charge in [-0.3, -0.25) is 5.10 Å². The van der Waals surface area contributed by atoms with Crippen molar-refractivity contribution < 1.29 is 4.74 Å². The van der Waals surface area contributed by atoms with E-state index >= 15 is 0 Å². The van der Waals surface area contributed by atoms with Crippen LogP contribution in [0.3, 0.4) is 0 Å². The lowest BCUT2D eigenvalue weighted by atomic mass is 10.3. The maximum atomic E-state index is 5.77. The summed E-state index contributed by atoms with van der Waals surface area (Å²) in [4.78, 5) is 10.1. The van der Waals surface area contributed by atoms with Crippen molar-refractivity contribution >= 4 is 29.1 Å². The van der Waals surface area contributed by atoms with E-state index in [1.807, 2.05) is 37.3 Å². The number of nitrogens with one attached hydrogen (secondary N) is 2. The number of hydrogen-bond donors (Lipinski definition) is 3. The minimum atomic E-state index is 0.543. The Labute approximate surface area is 156 Å². The molecular formula is C18H22N6OS. The molecule has 3 aromatic rings. The highest BCUT2D eigenvalue weighted by molar-refractivity contribution is 7.99. The number of nitrogens with two attached hydrogens (primary N) is 1. The smallest absolute Gasteiger partial charge is 0.219 e. The van der Waals surface area contributed by atoms with Crippen LogP contribution < -0.4 is 15.8 Å². The first-order valence-corrected chi connectivity index (χ1v) is 9.28. The van der Waals surface area contributed by atoms with E-state index in [0.29, 0.717) is 29.3 Å². The van der Waals surface area contributed by atoms with Crippen LogP contribution in [0.4, 0.5) is 17.3 Å². The Morgan fingerprint density at radius 2 is 1.96 bits per heavy atom. The van der Waals surface area contributed by atoms with Crippen LogP contribution in [0, 0.1) is 6.92 Å². The topological polar surface area (TPSA) is 102 Å². The number of benzene rings is 1. The Morgan fingerprint density at radius 3 is 2.65 bits per heavy atom. The molecule has 136 valence electrons. The second-order valence-electron chi connectivity index (χ2n) is 5.81. The molecule has 3 rings (SSSR count). The van der Waals surface area contributed by atoms with Crippen molar-refractivity contribution in [2.24, 2.45) is 0 Å². The van der Waals surface area contributed by atoms with Gasteiger partial charge in [-0.15, -0.1) is 0 Å². The Balaban J connectivity index is 1.82. The first-order chi connectivity index (χ1) is 12.6. The van der Waals surface area contributed by atoms with E-state index in [-0.39, 0.29) is 0 Å². The lowest BCUT2D eigenvalue weighted by molar-refractivity contribution is 0.295. The first-order valence-electron chi connectivity index (χ1n) is 8.46. The molecule has 0 spiro atoms. The molecule has 0 aliphatic carbocycles. The highest BCUT2D eigenvalue weighted by atomic mass is 32.2. The zero-order valence-electron chi connectivity index (χ0n) is 14.8. The molecule has 7 nitrogen and oxygen atoms in total. The van der Waals surface area contributed by atoms with E-state index in [4.69, 9.17) is 10.5 Å². The summed E-state index contributed by atoms with van der Waals surface area (Å²) in [7, 11) is 0. The van der Waals surface area contributed by atoms with Gasteiger partial charge < -0.3 is 15.8 Å². The molecule has 0 aliphatic heterocycles. The van der Waals surface area contributed by atoms with Gasteiger partial charge in [0.25, 0.3) is 0 Å². The second kappa shape index (κ2) is 8.57. The fourth-order valence-electron chi connectivity index (χ4n) is 2.16. The summed E-state index contributed by atoms with van der Waals surface area (Å²) in [5.41, 5.74) is 7.44. The molecule has 1 aromatic carbocycles. The van der Waals surface area contributed by atoms with E-state index in [1.165, 1.54) is 11.8 Å². The summed E-state index contributed by atoms with van der Waals surface area (Å²) in [6.45, 7) is 4.69. The molecule has 0 atom stereocenters. The molecule has 0 bridgehead atoms. The molecule has 26 heavy (non-hydrogen) atoms. The van der Waals surface area contributed by atoms with Crippen LogP contribution in [-0.4, -0.2) is 26.8 Å². The zero-order valence-corrected chi connectivity index (χ0v) is 15.6. The van der Waals surface area contributed by atoms with Gasteiger partial charge in [-0.1, -0.05) is 13.3 Å². The molecule has 0 fully saturated rings. The van der Waals surface area contributed by atoms with Gasteiger partial charge in [0.15, 0.2) is 11.0 Å². The minimum Gasteiger partial charge on any atom is -0.478 e. The lowest BCUT2D eigenvalue weighted by Crippen LogP contribution is -2.03. The summed E-state index contributed by atoms with van der Waals surface area (Å²) in [5, 5.41) is 10.9. The third-order valence-electron chi connectivity index (χ3n) is 3.48. The highest BCUT2D eigenvalue weighted by Crippen LogP contribution is 2.29. The van der Waals surface area contributed by atoms with Crippen molar-refractivity contribution in [2.45, 2.75) is 36.7 Å². The molecular weight excluding hydrogens is 348 g/mol. The number of anilines is 3. The van der Waals surface area contributed by atoms with Gasteiger partial charge in [0.2, 0.25) is 5.88 Å². The number of H-pyrrole nitrogens is 1. The van der Waals surface area contributed by atoms with Gasteiger partial charge in [-0.05, 0) is 49.4 Å². The summed E-state index contributed by atoms with van der Waals surface area (Å²) in [6.07, 6.45) is 2.04. The Morgan fingerprint density at radius 1 is 1.15 bits per heavy atom. The number of aromatic amines is 1. The lowest BCUT2D eigenvalue weighted by Gasteiger charge is -2.09. The molecule has 0 saturated heterocycles. The number of aryl methyl sites for hydroxylation is 1.